The lowest BCUT2D eigenvalue weighted by Gasteiger charge is -2.10. The van der Waals surface area contributed by atoms with E-state index < -0.39 is 10.0 Å². The second-order valence-electron chi connectivity index (χ2n) is 5.68. The highest BCUT2D eigenvalue weighted by Crippen LogP contribution is 2.18. The lowest BCUT2D eigenvalue weighted by atomic mass is 10.3. The molecule has 0 fully saturated rings. The molecular weight excluding hydrogens is 356 g/mol. The summed E-state index contributed by atoms with van der Waals surface area (Å²) in [5, 5.41) is 7.70. The van der Waals surface area contributed by atoms with Crippen LogP contribution >= 0.6 is 0 Å². The van der Waals surface area contributed by atoms with E-state index in [1.54, 1.807) is 36.5 Å². The second-order valence-corrected chi connectivity index (χ2v) is 7.45. The molecule has 0 unspecified atom stereocenters. The molecule has 3 aromatic rings. The maximum Gasteiger partial charge on any atom is 0.266 e. The first kappa shape index (κ1) is 18.0. The molecule has 0 radical (unpaired) electrons. The molecule has 2 heterocycles. The van der Waals surface area contributed by atoms with Crippen molar-refractivity contribution in [3.63, 3.8) is 0 Å². The molecule has 0 spiro atoms. The van der Waals surface area contributed by atoms with Crippen molar-refractivity contribution >= 4 is 10.0 Å². The molecule has 0 saturated carbocycles. The van der Waals surface area contributed by atoms with E-state index >= 15 is 0 Å². The molecule has 8 nitrogen and oxygen atoms in total. The first-order valence-electron chi connectivity index (χ1n) is 7.94. The molecule has 136 valence electrons. The Balaban J connectivity index is 1.66. The summed E-state index contributed by atoms with van der Waals surface area (Å²) in [6, 6.07) is 11.5. The average molecular weight is 374 g/mol. The van der Waals surface area contributed by atoms with Gasteiger partial charge in [0.25, 0.3) is 5.89 Å². The van der Waals surface area contributed by atoms with E-state index in [1.807, 2.05) is 13.8 Å². The van der Waals surface area contributed by atoms with E-state index in [4.69, 9.17) is 9.15 Å². The summed E-state index contributed by atoms with van der Waals surface area (Å²) in [4.78, 5) is 4.22. The third-order valence-electron chi connectivity index (χ3n) is 3.27. The number of rotatable bonds is 7. The average Bonchev–Trinajstić information content (AvgIpc) is 3.10. The van der Waals surface area contributed by atoms with Crippen molar-refractivity contribution in [2.45, 2.75) is 31.4 Å². The van der Waals surface area contributed by atoms with Gasteiger partial charge >= 0.3 is 0 Å². The van der Waals surface area contributed by atoms with Crippen LogP contribution in [0.5, 0.6) is 5.75 Å². The van der Waals surface area contributed by atoms with E-state index in [0.717, 1.165) is 0 Å². The summed E-state index contributed by atoms with van der Waals surface area (Å²) >= 11 is 0. The minimum absolute atomic E-state index is 0.0152. The standard InChI is InChI=1S/C17H18N4O4S/c1-12(2)24-13-6-8-14(9-7-13)26(22,23)19-11-16-20-21-17(25-16)15-5-3-4-10-18-15/h3-10,12,19H,11H2,1-2H3. The molecule has 0 aliphatic carbocycles. The Bertz CT molecular complexity index is 954. The van der Waals surface area contributed by atoms with E-state index in [9.17, 15) is 8.42 Å². The fourth-order valence-electron chi connectivity index (χ4n) is 2.13. The molecule has 9 heteroatoms. The van der Waals surface area contributed by atoms with Gasteiger partial charge in [0.1, 0.15) is 11.4 Å². The van der Waals surface area contributed by atoms with Gasteiger partial charge in [-0.25, -0.2) is 13.1 Å². The Morgan fingerprint density at radius 2 is 1.88 bits per heavy atom. The Kier molecular flexibility index (Phi) is 5.29. The Hall–Kier alpha value is -2.78. The number of nitrogens with zero attached hydrogens (tertiary/aromatic N) is 3. The molecule has 26 heavy (non-hydrogen) atoms. The molecule has 0 aliphatic rings. The summed E-state index contributed by atoms with van der Waals surface area (Å²) < 4.78 is 38.1. The molecular formula is C17H18N4O4S. The highest BCUT2D eigenvalue weighted by Gasteiger charge is 2.16. The number of pyridine rings is 1. The van der Waals surface area contributed by atoms with Gasteiger partial charge in [-0.15, -0.1) is 10.2 Å². The van der Waals surface area contributed by atoms with Crippen molar-refractivity contribution in [2.75, 3.05) is 0 Å². The Morgan fingerprint density at radius 1 is 1.12 bits per heavy atom. The zero-order valence-electron chi connectivity index (χ0n) is 14.3. The number of nitrogens with one attached hydrogen (secondary N) is 1. The van der Waals surface area contributed by atoms with Gasteiger partial charge in [0.2, 0.25) is 15.9 Å². The molecule has 1 aromatic carbocycles. The van der Waals surface area contributed by atoms with Crippen molar-refractivity contribution in [2.24, 2.45) is 0 Å². The molecule has 0 amide bonds. The lowest BCUT2D eigenvalue weighted by molar-refractivity contribution is 0.242. The van der Waals surface area contributed by atoms with Gasteiger partial charge in [-0.1, -0.05) is 6.07 Å². The predicted octanol–water partition coefficient (Wildman–Crippen LogP) is 2.40. The van der Waals surface area contributed by atoms with Gasteiger partial charge in [0.15, 0.2) is 0 Å². The highest BCUT2D eigenvalue weighted by molar-refractivity contribution is 7.89. The summed E-state index contributed by atoms with van der Waals surface area (Å²) in [5.74, 6) is 0.986. The van der Waals surface area contributed by atoms with Crippen LogP contribution in [-0.2, 0) is 16.6 Å². The number of benzene rings is 1. The maximum absolute atomic E-state index is 12.4. The fraction of sp³-hybridized carbons (Fsp3) is 0.235. The largest absolute Gasteiger partial charge is 0.491 e. The normalized spacial score (nSPS) is 11.7. The van der Waals surface area contributed by atoms with Gasteiger partial charge < -0.3 is 9.15 Å². The van der Waals surface area contributed by atoms with Gasteiger partial charge in [-0.2, -0.15) is 0 Å². The first-order chi connectivity index (χ1) is 12.4. The third-order valence-corrected chi connectivity index (χ3v) is 4.69. The summed E-state index contributed by atoms with van der Waals surface area (Å²) in [6.07, 6.45) is 1.62. The van der Waals surface area contributed by atoms with Crippen molar-refractivity contribution in [1.29, 1.82) is 0 Å². The van der Waals surface area contributed by atoms with Crippen molar-refractivity contribution in [1.82, 2.24) is 19.9 Å². The fourth-order valence-corrected chi connectivity index (χ4v) is 3.10. The van der Waals surface area contributed by atoms with Crippen LogP contribution in [0.2, 0.25) is 0 Å². The zero-order chi connectivity index (χ0) is 18.6. The molecule has 0 saturated heterocycles. The topological polar surface area (TPSA) is 107 Å². The monoisotopic (exact) mass is 374 g/mol. The lowest BCUT2D eigenvalue weighted by Crippen LogP contribution is -2.23. The Morgan fingerprint density at radius 3 is 2.54 bits per heavy atom. The van der Waals surface area contributed by atoms with Gasteiger partial charge in [-0.3, -0.25) is 4.98 Å². The molecule has 0 bridgehead atoms. The minimum Gasteiger partial charge on any atom is -0.491 e. The number of hydrogen-bond acceptors (Lipinski definition) is 7. The van der Waals surface area contributed by atoms with Crippen LogP contribution in [0.15, 0.2) is 58.0 Å². The maximum atomic E-state index is 12.4. The first-order valence-corrected chi connectivity index (χ1v) is 9.42. The smallest absolute Gasteiger partial charge is 0.266 e. The van der Waals surface area contributed by atoms with Gasteiger partial charge in [-0.05, 0) is 50.2 Å². The summed E-state index contributed by atoms with van der Waals surface area (Å²) in [5.41, 5.74) is 0.523. The van der Waals surface area contributed by atoms with Gasteiger partial charge in [0, 0.05) is 6.20 Å². The van der Waals surface area contributed by atoms with Crippen LogP contribution < -0.4 is 9.46 Å². The summed E-state index contributed by atoms with van der Waals surface area (Å²) in [7, 11) is -3.71. The third kappa shape index (κ3) is 4.44. The van der Waals surface area contributed by atoms with Crippen LogP contribution in [0.1, 0.15) is 19.7 Å². The van der Waals surface area contributed by atoms with E-state index in [0.29, 0.717) is 11.4 Å². The molecule has 3 rings (SSSR count). The molecule has 2 aromatic heterocycles. The van der Waals surface area contributed by atoms with Crippen molar-refractivity contribution < 1.29 is 17.6 Å². The summed E-state index contributed by atoms with van der Waals surface area (Å²) in [6.45, 7) is 3.68. The molecule has 0 atom stereocenters. The van der Waals surface area contributed by atoms with Crippen LogP contribution in [-0.4, -0.2) is 29.7 Å². The predicted molar refractivity (Wildman–Crippen MR) is 93.8 cm³/mol. The number of hydrogen-bond donors (Lipinski definition) is 1. The van der Waals surface area contributed by atoms with E-state index in [-0.39, 0.29) is 29.3 Å². The minimum atomic E-state index is -3.71. The number of ether oxygens (including phenoxy) is 1. The van der Waals surface area contributed by atoms with Gasteiger partial charge in [0.05, 0.1) is 17.5 Å². The van der Waals surface area contributed by atoms with Crippen LogP contribution in [0, 0.1) is 0 Å². The van der Waals surface area contributed by atoms with Crippen molar-refractivity contribution in [3.05, 3.63) is 54.6 Å². The van der Waals surface area contributed by atoms with Crippen LogP contribution in [0.3, 0.4) is 0 Å². The van der Waals surface area contributed by atoms with Crippen LogP contribution in [0.25, 0.3) is 11.6 Å². The van der Waals surface area contributed by atoms with E-state index in [2.05, 4.69) is 19.9 Å². The Labute approximate surface area is 151 Å². The zero-order valence-corrected chi connectivity index (χ0v) is 15.1. The quantitative estimate of drug-likeness (QED) is 0.676. The highest BCUT2D eigenvalue weighted by atomic mass is 32.2. The number of sulfonamides is 1. The molecule has 1 N–H and O–H groups in total. The number of aromatic nitrogens is 3. The SMILES string of the molecule is CC(C)Oc1ccc(S(=O)(=O)NCc2nnc(-c3ccccn3)o2)cc1. The van der Waals surface area contributed by atoms with Crippen molar-refractivity contribution in [3.8, 4) is 17.3 Å². The second kappa shape index (κ2) is 7.63. The van der Waals surface area contributed by atoms with Crippen LogP contribution in [0.4, 0.5) is 0 Å². The van der Waals surface area contributed by atoms with E-state index in [1.165, 1.54) is 12.1 Å². The molecule has 0 aliphatic heterocycles.